The van der Waals surface area contributed by atoms with Crippen LogP contribution in [-0.2, 0) is 6.42 Å². The molecule has 0 saturated carbocycles. The van der Waals surface area contributed by atoms with E-state index in [4.69, 9.17) is 4.74 Å². The molecule has 0 bridgehead atoms. The summed E-state index contributed by atoms with van der Waals surface area (Å²) in [5.41, 5.74) is 0.965. The molecule has 0 radical (unpaired) electrons. The van der Waals surface area contributed by atoms with Crippen LogP contribution >= 0.6 is 11.8 Å². The summed E-state index contributed by atoms with van der Waals surface area (Å²) < 4.78 is 18.9. The average molecular weight is 306 g/mol. The van der Waals surface area contributed by atoms with Gasteiger partial charge in [0.2, 0.25) is 0 Å². The number of ether oxygens (including phenoxy) is 1. The first-order chi connectivity index (χ1) is 10.1. The lowest BCUT2D eigenvalue weighted by atomic mass is 9.97. The van der Waals surface area contributed by atoms with E-state index in [1.807, 2.05) is 6.26 Å². The Morgan fingerprint density at radius 3 is 2.90 bits per heavy atom. The molecule has 0 amide bonds. The molecule has 1 aromatic carbocycles. The van der Waals surface area contributed by atoms with Crippen molar-refractivity contribution in [2.75, 3.05) is 25.9 Å². The van der Waals surface area contributed by atoms with Crippen molar-refractivity contribution in [2.45, 2.75) is 30.1 Å². The van der Waals surface area contributed by atoms with Crippen LogP contribution in [-0.4, -0.2) is 41.6 Å². The maximum Gasteiger partial charge on any atom is 0.123 e. The molecule has 0 aromatic heterocycles. The molecule has 1 atom stereocenters. The Labute approximate surface area is 129 Å². The maximum absolute atomic E-state index is 13.2. The van der Waals surface area contributed by atoms with Gasteiger partial charge in [-0.15, -0.1) is 11.8 Å². The van der Waals surface area contributed by atoms with Crippen molar-refractivity contribution in [3.8, 4) is 11.8 Å². The number of thioether (sulfide) groups is 1. The van der Waals surface area contributed by atoms with Crippen molar-refractivity contribution in [3.63, 3.8) is 0 Å². The van der Waals surface area contributed by atoms with Crippen molar-refractivity contribution in [2.24, 2.45) is 0 Å². The lowest BCUT2D eigenvalue weighted by Gasteiger charge is -2.36. The Balaban J connectivity index is 1.55. The van der Waals surface area contributed by atoms with E-state index in [9.17, 15) is 9.65 Å². The van der Waals surface area contributed by atoms with Crippen LogP contribution in [0.3, 0.4) is 0 Å². The first kappa shape index (κ1) is 14.7. The first-order valence-electron chi connectivity index (χ1n) is 7.28. The zero-order chi connectivity index (χ0) is 14.9. The van der Waals surface area contributed by atoms with E-state index in [1.165, 1.54) is 6.07 Å². The molecule has 1 unspecified atom stereocenters. The van der Waals surface area contributed by atoms with Gasteiger partial charge in [0.05, 0.1) is 6.07 Å². The minimum Gasteiger partial charge on any atom is -0.488 e. The van der Waals surface area contributed by atoms with Gasteiger partial charge in [-0.25, -0.2) is 4.39 Å². The largest absolute Gasteiger partial charge is 0.488 e. The minimum atomic E-state index is -0.209. The van der Waals surface area contributed by atoms with Crippen LogP contribution in [0.4, 0.5) is 4.39 Å². The van der Waals surface area contributed by atoms with Gasteiger partial charge in [-0.3, -0.25) is 4.90 Å². The highest BCUT2D eigenvalue weighted by atomic mass is 32.2. The maximum atomic E-state index is 13.2. The molecule has 5 heteroatoms. The molecule has 1 saturated heterocycles. The van der Waals surface area contributed by atoms with Crippen LogP contribution in [0.25, 0.3) is 0 Å². The van der Waals surface area contributed by atoms with E-state index in [0.29, 0.717) is 0 Å². The number of likely N-dealkylation sites (tertiary alicyclic amines) is 1. The Morgan fingerprint density at radius 2 is 2.24 bits per heavy atom. The van der Waals surface area contributed by atoms with Crippen molar-refractivity contribution < 1.29 is 9.13 Å². The fraction of sp³-hybridized carbons (Fsp3) is 0.562. The van der Waals surface area contributed by atoms with Gasteiger partial charge in [-0.1, -0.05) is 0 Å². The second-order valence-corrected chi connectivity index (χ2v) is 7.00. The fourth-order valence-electron chi connectivity index (χ4n) is 3.14. The zero-order valence-corrected chi connectivity index (χ0v) is 13.0. The van der Waals surface area contributed by atoms with E-state index in [2.05, 4.69) is 11.0 Å². The summed E-state index contributed by atoms with van der Waals surface area (Å²) in [6.07, 6.45) is 4.70. The number of hydrogen-bond donors (Lipinski definition) is 0. The van der Waals surface area contributed by atoms with Crippen LogP contribution < -0.4 is 4.74 Å². The molecule has 0 aliphatic carbocycles. The summed E-state index contributed by atoms with van der Waals surface area (Å²) in [4.78, 5) is 2.36. The third-order valence-electron chi connectivity index (χ3n) is 4.48. The molecule has 3 nitrogen and oxygen atoms in total. The first-order valence-corrected chi connectivity index (χ1v) is 8.50. The molecule has 112 valence electrons. The second kappa shape index (κ2) is 5.86. The van der Waals surface area contributed by atoms with Gasteiger partial charge in [0.15, 0.2) is 0 Å². The molecule has 2 aliphatic heterocycles. The summed E-state index contributed by atoms with van der Waals surface area (Å²) in [6.45, 7) is 2.71. The number of rotatable bonds is 3. The molecule has 0 N–H and O–H groups in total. The summed E-state index contributed by atoms with van der Waals surface area (Å²) >= 11 is 1.67. The van der Waals surface area contributed by atoms with Crippen LogP contribution in [0.5, 0.6) is 5.75 Å². The fourth-order valence-corrected chi connectivity index (χ4v) is 3.82. The predicted octanol–water partition coefficient (Wildman–Crippen LogP) is 2.85. The normalized spacial score (nSPS) is 24.1. The number of nitriles is 1. The van der Waals surface area contributed by atoms with E-state index < -0.39 is 0 Å². The average Bonchev–Trinajstić information content (AvgIpc) is 2.90. The topological polar surface area (TPSA) is 36.3 Å². The van der Waals surface area contributed by atoms with Crippen LogP contribution in [0, 0.1) is 17.1 Å². The van der Waals surface area contributed by atoms with Gasteiger partial charge >= 0.3 is 0 Å². The highest BCUT2D eigenvalue weighted by Gasteiger charge is 2.35. The van der Waals surface area contributed by atoms with Gasteiger partial charge in [0.1, 0.15) is 22.4 Å². The van der Waals surface area contributed by atoms with Crippen LogP contribution in [0.2, 0.25) is 0 Å². The highest BCUT2D eigenvalue weighted by molar-refractivity contribution is 8.00. The summed E-state index contributed by atoms with van der Waals surface area (Å²) in [5.74, 6) is 0.614. The van der Waals surface area contributed by atoms with Gasteiger partial charge in [0.25, 0.3) is 0 Å². The molecule has 2 heterocycles. The molecule has 1 aromatic rings. The van der Waals surface area contributed by atoms with E-state index in [0.717, 1.165) is 50.2 Å². The molecule has 21 heavy (non-hydrogen) atoms. The third-order valence-corrected chi connectivity index (χ3v) is 5.76. The Hall–Kier alpha value is -1.25. The number of fused-ring (bicyclic) bond motifs is 1. The number of piperidine rings is 1. The van der Waals surface area contributed by atoms with Crippen molar-refractivity contribution in [1.82, 2.24) is 4.90 Å². The molecule has 0 spiro atoms. The second-order valence-electron chi connectivity index (χ2n) is 5.81. The minimum absolute atomic E-state index is 0.102. The predicted molar refractivity (Wildman–Crippen MR) is 82.1 cm³/mol. The number of halogens is 1. The molecule has 3 rings (SSSR count). The number of benzene rings is 1. The van der Waals surface area contributed by atoms with Gasteiger partial charge < -0.3 is 4.74 Å². The lowest BCUT2D eigenvalue weighted by Crippen LogP contribution is -2.45. The van der Waals surface area contributed by atoms with E-state index in [-0.39, 0.29) is 16.7 Å². The number of hydrogen-bond acceptors (Lipinski definition) is 4. The molecule has 1 fully saturated rings. The van der Waals surface area contributed by atoms with E-state index in [1.54, 1.807) is 23.9 Å². The van der Waals surface area contributed by atoms with Gasteiger partial charge in [-0.05, 0) is 37.3 Å². The van der Waals surface area contributed by atoms with Gasteiger partial charge in [0, 0.05) is 31.6 Å². The van der Waals surface area contributed by atoms with Crippen molar-refractivity contribution >= 4 is 11.8 Å². The molecular formula is C16H19FN2OS. The van der Waals surface area contributed by atoms with Gasteiger partial charge in [-0.2, -0.15) is 5.26 Å². The van der Waals surface area contributed by atoms with Crippen LogP contribution in [0.1, 0.15) is 18.4 Å². The Bertz CT molecular complexity index is 564. The van der Waals surface area contributed by atoms with Crippen LogP contribution in [0.15, 0.2) is 18.2 Å². The van der Waals surface area contributed by atoms with Crippen molar-refractivity contribution in [3.05, 3.63) is 29.6 Å². The Kier molecular flexibility index (Phi) is 4.10. The standard InChI is InChI=1S/C16H19FN2OS/c1-21-16(11-18)4-6-19(7-5-16)10-14-9-12-8-13(17)2-3-15(12)20-14/h2-3,8,14H,4-7,9-10H2,1H3. The summed E-state index contributed by atoms with van der Waals surface area (Å²) in [6, 6.07) is 7.20. The Morgan fingerprint density at radius 1 is 1.48 bits per heavy atom. The third kappa shape index (κ3) is 3.02. The smallest absolute Gasteiger partial charge is 0.123 e. The number of nitrogens with zero attached hydrogens (tertiary/aromatic N) is 2. The summed E-state index contributed by atoms with van der Waals surface area (Å²) in [5, 5.41) is 9.31. The monoisotopic (exact) mass is 306 g/mol. The lowest BCUT2D eigenvalue weighted by molar-refractivity contribution is 0.130. The van der Waals surface area contributed by atoms with Crippen molar-refractivity contribution in [1.29, 1.82) is 5.26 Å². The van der Waals surface area contributed by atoms with E-state index >= 15 is 0 Å². The summed E-state index contributed by atoms with van der Waals surface area (Å²) in [7, 11) is 0. The molecule has 2 aliphatic rings. The SMILES string of the molecule is CSC1(C#N)CCN(CC2Cc3cc(F)ccc3O2)CC1. The quantitative estimate of drug-likeness (QED) is 0.860. The zero-order valence-electron chi connectivity index (χ0n) is 12.1. The molecular weight excluding hydrogens is 287 g/mol. The highest BCUT2D eigenvalue weighted by Crippen LogP contribution is 2.35.